The molecule has 0 amide bonds. The van der Waals surface area contributed by atoms with Crippen LogP contribution < -0.4 is 4.89 Å². The van der Waals surface area contributed by atoms with Crippen LogP contribution in [-0.2, 0) is 27.9 Å². The van der Waals surface area contributed by atoms with Crippen LogP contribution in [0.2, 0.25) is 0 Å². The monoisotopic (exact) mass is 892 g/mol. The van der Waals surface area contributed by atoms with Crippen LogP contribution >= 0.6 is 7.82 Å². The highest BCUT2D eigenvalue weighted by Crippen LogP contribution is 2.38. The minimum absolute atomic E-state index is 0.0206. The molecule has 0 radical (unpaired) electrons. The number of ether oxygens (including phenoxy) is 2. The zero-order valence-corrected chi connectivity index (χ0v) is 42.0. The molecule has 8 nitrogen and oxygen atoms in total. The molecule has 0 aliphatic heterocycles. The van der Waals surface area contributed by atoms with Crippen LogP contribution in [0.25, 0.3) is 0 Å². The molecule has 0 aromatic carbocycles. The Morgan fingerprint density at radius 3 is 1.37 bits per heavy atom. The van der Waals surface area contributed by atoms with Gasteiger partial charge in [-0.25, -0.2) is 0 Å². The summed E-state index contributed by atoms with van der Waals surface area (Å²) in [6, 6.07) is 0. The molecule has 2 unspecified atom stereocenters. The quantitative estimate of drug-likeness (QED) is 0.0197. The SMILES string of the molecule is CCCC/C=C\C/C=C\CCCCCCCC(=O)OC(COCCCCCCCCCCCCC/C=C\C/C=C\C/C=C\CCCCCCC)COP(=O)([O-])OCC[N+](C)(C)C. The second kappa shape index (κ2) is 45.8. The van der Waals surface area contributed by atoms with Gasteiger partial charge in [-0.2, -0.15) is 0 Å². The van der Waals surface area contributed by atoms with E-state index >= 15 is 0 Å². The van der Waals surface area contributed by atoms with Gasteiger partial charge in [0.05, 0.1) is 34.4 Å². The number of phosphoric acid groups is 1. The summed E-state index contributed by atoms with van der Waals surface area (Å²) in [7, 11) is 1.34. The fourth-order valence-corrected chi connectivity index (χ4v) is 7.53. The molecule has 0 aliphatic rings. The van der Waals surface area contributed by atoms with Crippen molar-refractivity contribution in [2.75, 3.05) is 54.1 Å². The molecule has 0 heterocycles. The fourth-order valence-electron chi connectivity index (χ4n) is 6.81. The van der Waals surface area contributed by atoms with E-state index in [1.165, 1.54) is 122 Å². The number of carbonyl (C=O) groups is 1. The summed E-state index contributed by atoms with van der Waals surface area (Å²) in [5.74, 6) is -0.350. The van der Waals surface area contributed by atoms with E-state index in [4.69, 9.17) is 18.5 Å². The summed E-state index contributed by atoms with van der Waals surface area (Å²) in [5.41, 5.74) is 0. The van der Waals surface area contributed by atoms with Gasteiger partial charge in [0, 0.05) is 13.0 Å². The highest BCUT2D eigenvalue weighted by molar-refractivity contribution is 7.45. The third-order valence-corrected chi connectivity index (χ3v) is 11.8. The largest absolute Gasteiger partial charge is 0.756 e. The summed E-state index contributed by atoms with van der Waals surface area (Å²) in [6.45, 7) is 5.34. The number of unbranched alkanes of at least 4 members (excludes halogenated alkanes) is 23. The molecule has 362 valence electrons. The predicted molar refractivity (Wildman–Crippen MR) is 263 cm³/mol. The van der Waals surface area contributed by atoms with E-state index in [1.807, 2.05) is 21.1 Å². The van der Waals surface area contributed by atoms with Crippen molar-refractivity contribution in [3.05, 3.63) is 60.8 Å². The first-order valence-corrected chi connectivity index (χ1v) is 27.0. The summed E-state index contributed by atoms with van der Waals surface area (Å²) < 4.78 is 34.7. The molecule has 0 saturated carbocycles. The number of rotatable bonds is 47. The van der Waals surface area contributed by atoms with Crippen LogP contribution in [0.4, 0.5) is 0 Å². The van der Waals surface area contributed by atoms with Gasteiger partial charge in [-0.1, -0.05) is 190 Å². The number of esters is 1. The second-order valence-corrected chi connectivity index (χ2v) is 19.6. The Bertz CT molecular complexity index is 1170. The number of nitrogens with zero attached hydrogens (tertiary/aromatic N) is 1. The van der Waals surface area contributed by atoms with Crippen molar-refractivity contribution in [2.24, 2.45) is 0 Å². The van der Waals surface area contributed by atoms with Crippen LogP contribution in [0.15, 0.2) is 60.8 Å². The first-order valence-electron chi connectivity index (χ1n) is 25.5. The number of likely N-dealkylation sites (N-methyl/N-ethyl adjacent to an activating group) is 1. The van der Waals surface area contributed by atoms with E-state index in [-0.39, 0.29) is 25.8 Å². The number of hydrogen-bond donors (Lipinski definition) is 0. The normalized spacial score (nSPS) is 14.1. The number of phosphoric ester groups is 1. The summed E-state index contributed by atoms with van der Waals surface area (Å²) in [4.78, 5) is 25.1. The molecule has 0 aromatic rings. The Kier molecular flexibility index (Phi) is 44.4. The van der Waals surface area contributed by atoms with Gasteiger partial charge in [0.2, 0.25) is 0 Å². The zero-order chi connectivity index (χ0) is 45.5. The lowest BCUT2D eigenvalue weighted by Gasteiger charge is -2.28. The van der Waals surface area contributed by atoms with Crippen LogP contribution in [0.3, 0.4) is 0 Å². The van der Waals surface area contributed by atoms with Gasteiger partial charge in [-0.3, -0.25) is 9.36 Å². The smallest absolute Gasteiger partial charge is 0.306 e. The van der Waals surface area contributed by atoms with E-state index in [0.29, 0.717) is 24.1 Å². The molecular weight excluding hydrogens is 794 g/mol. The van der Waals surface area contributed by atoms with Crippen molar-refractivity contribution >= 4 is 13.8 Å². The van der Waals surface area contributed by atoms with E-state index in [0.717, 1.165) is 70.6 Å². The molecule has 0 fully saturated rings. The third-order valence-electron chi connectivity index (χ3n) is 10.8. The van der Waals surface area contributed by atoms with Crippen molar-refractivity contribution in [3.8, 4) is 0 Å². The molecule has 0 aliphatic carbocycles. The maximum absolute atomic E-state index is 12.7. The molecule has 0 spiro atoms. The molecular formula is C53H98NO7P. The zero-order valence-electron chi connectivity index (χ0n) is 41.1. The molecule has 0 rings (SSSR count). The minimum Gasteiger partial charge on any atom is -0.756 e. The van der Waals surface area contributed by atoms with Crippen LogP contribution in [0.5, 0.6) is 0 Å². The van der Waals surface area contributed by atoms with Crippen molar-refractivity contribution < 1.29 is 37.3 Å². The standard InChI is InChI=1S/C53H98NO7P/c1-6-8-10-12-14-16-18-20-22-23-24-25-26-27-28-29-30-31-32-33-35-37-39-41-43-45-48-58-50-52(51-60-62(56,57)59-49-47-54(3,4)5)61-53(55)46-44-42-40-38-36-34-21-19-17-15-13-11-9-7-2/h13,15,18-21,23-24,26-27,52H,6-12,14,16-17,22,25,28-51H2,1-5H3/b15-13-,20-18-,21-19-,24-23-,27-26-. The lowest BCUT2D eigenvalue weighted by molar-refractivity contribution is -0.870. The summed E-state index contributed by atoms with van der Waals surface area (Å²) in [5, 5.41) is 0. The highest BCUT2D eigenvalue weighted by atomic mass is 31.2. The Labute approximate surface area is 383 Å². The number of hydrogen-bond acceptors (Lipinski definition) is 7. The van der Waals surface area contributed by atoms with Crippen LogP contribution in [0, 0.1) is 0 Å². The Hall–Kier alpha value is -1.80. The first kappa shape index (κ1) is 60.2. The first-order chi connectivity index (χ1) is 30.1. The van der Waals surface area contributed by atoms with Gasteiger partial charge in [-0.05, 0) is 77.0 Å². The van der Waals surface area contributed by atoms with Gasteiger partial charge in [0.25, 0.3) is 7.82 Å². The Balaban J connectivity index is 4.10. The number of carbonyl (C=O) groups excluding carboxylic acids is 1. The third kappa shape index (κ3) is 49.2. The van der Waals surface area contributed by atoms with E-state index in [1.54, 1.807) is 0 Å². The van der Waals surface area contributed by atoms with Crippen molar-refractivity contribution in [1.29, 1.82) is 0 Å². The lowest BCUT2D eigenvalue weighted by atomic mass is 10.1. The van der Waals surface area contributed by atoms with E-state index in [9.17, 15) is 14.3 Å². The maximum Gasteiger partial charge on any atom is 0.306 e. The summed E-state index contributed by atoms with van der Waals surface area (Å²) in [6.07, 6.45) is 58.2. The van der Waals surface area contributed by atoms with Crippen molar-refractivity contribution in [2.45, 2.75) is 219 Å². The van der Waals surface area contributed by atoms with E-state index in [2.05, 4.69) is 74.6 Å². The van der Waals surface area contributed by atoms with Gasteiger partial charge in [0.15, 0.2) is 0 Å². The van der Waals surface area contributed by atoms with Crippen LogP contribution in [0.1, 0.15) is 213 Å². The second-order valence-electron chi connectivity index (χ2n) is 18.2. The summed E-state index contributed by atoms with van der Waals surface area (Å²) >= 11 is 0. The van der Waals surface area contributed by atoms with Gasteiger partial charge < -0.3 is 27.9 Å². The molecule has 0 bridgehead atoms. The molecule has 0 N–H and O–H groups in total. The average Bonchev–Trinajstić information content (AvgIpc) is 3.23. The molecule has 0 saturated heterocycles. The average molecular weight is 892 g/mol. The lowest BCUT2D eigenvalue weighted by Crippen LogP contribution is -2.37. The number of quaternary nitrogens is 1. The number of allylic oxidation sites excluding steroid dienone is 10. The van der Waals surface area contributed by atoms with Crippen molar-refractivity contribution in [3.63, 3.8) is 0 Å². The van der Waals surface area contributed by atoms with Gasteiger partial charge in [0.1, 0.15) is 19.3 Å². The predicted octanol–water partition coefficient (Wildman–Crippen LogP) is 15.0. The Morgan fingerprint density at radius 1 is 0.500 bits per heavy atom. The maximum atomic E-state index is 12.7. The van der Waals surface area contributed by atoms with Gasteiger partial charge in [-0.15, -0.1) is 0 Å². The van der Waals surface area contributed by atoms with Gasteiger partial charge >= 0.3 is 5.97 Å². The molecule has 9 heteroatoms. The van der Waals surface area contributed by atoms with E-state index < -0.39 is 13.9 Å². The molecule has 0 aromatic heterocycles. The highest BCUT2D eigenvalue weighted by Gasteiger charge is 2.20. The van der Waals surface area contributed by atoms with Crippen molar-refractivity contribution in [1.82, 2.24) is 0 Å². The van der Waals surface area contributed by atoms with Crippen LogP contribution in [-0.4, -0.2) is 70.7 Å². The molecule has 62 heavy (non-hydrogen) atoms. The minimum atomic E-state index is -4.54. The Morgan fingerprint density at radius 2 is 0.903 bits per heavy atom. The fraction of sp³-hybridized carbons (Fsp3) is 0.792. The topological polar surface area (TPSA) is 94.1 Å². The molecule has 2 atom stereocenters.